The highest BCUT2D eigenvalue weighted by Crippen LogP contribution is 2.28. The van der Waals surface area contributed by atoms with Gasteiger partial charge >= 0.3 is 0 Å². The van der Waals surface area contributed by atoms with Crippen molar-refractivity contribution in [1.29, 1.82) is 0 Å². The molecule has 1 aliphatic carbocycles. The molecule has 1 saturated carbocycles. The first-order chi connectivity index (χ1) is 10.3. The lowest BCUT2D eigenvalue weighted by Crippen LogP contribution is -2.28. The van der Waals surface area contributed by atoms with Gasteiger partial charge in [0.1, 0.15) is 0 Å². The largest absolute Gasteiger partial charge is 0.395 e. The van der Waals surface area contributed by atoms with Crippen LogP contribution in [0.15, 0.2) is 35.7 Å². The molecule has 0 saturated heterocycles. The molecular weight excluding hydrogens is 280 g/mol. The molecule has 2 aromatic rings. The van der Waals surface area contributed by atoms with Gasteiger partial charge in [-0.3, -0.25) is 4.90 Å². The van der Waals surface area contributed by atoms with Gasteiger partial charge in [0.15, 0.2) is 0 Å². The summed E-state index contributed by atoms with van der Waals surface area (Å²) in [6.45, 7) is 1.89. The molecule has 3 nitrogen and oxygen atoms in total. The Morgan fingerprint density at radius 3 is 2.71 bits per heavy atom. The normalized spacial score (nSPS) is 14.8. The van der Waals surface area contributed by atoms with Crippen LogP contribution in [0.1, 0.15) is 29.1 Å². The van der Waals surface area contributed by atoms with Gasteiger partial charge < -0.3 is 5.11 Å². The van der Waals surface area contributed by atoms with Crippen molar-refractivity contribution in [1.82, 2.24) is 9.88 Å². The van der Waals surface area contributed by atoms with E-state index in [1.165, 1.54) is 23.4 Å². The van der Waals surface area contributed by atoms with Gasteiger partial charge in [0.2, 0.25) is 0 Å². The van der Waals surface area contributed by atoms with Crippen LogP contribution in [0.4, 0.5) is 0 Å². The highest BCUT2D eigenvalue weighted by Gasteiger charge is 2.28. The highest BCUT2D eigenvalue weighted by atomic mass is 32.1. The maximum Gasteiger partial charge on any atom is 0.0932 e. The number of rotatable bonds is 8. The predicted octanol–water partition coefficient (Wildman–Crippen LogP) is 2.89. The van der Waals surface area contributed by atoms with Crippen LogP contribution < -0.4 is 0 Å². The van der Waals surface area contributed by atoms with Crippen LogP contribution in [0.5, 0.6) is 0 Å². The molecule has 112 valence electrons. The Labute approximate surface area is 130 Å². The standard InChI is InChI=1S/C17H22N2OS/c20-11-10-19(16-7-8-16)12-15-13-21-17(18-15)9-6-14-4-2-1-3-5-14/h1-5,13,16,20H,6-12H2. The molecular formula is C17H22N2OS. The van der Waals surface area contributed by atoms with Crippen LogP contribution in [0.3, 0.4) is 0 Å². The molecule has 0 amide bonds. The highest BCUT2D eigenvalue weighted by molar-refractivity contribution is 7.09. The zero-order chi connectivity index (χ0) is 14.5. The smallest absolute Gasteiger partial charge is 0.0932 e. The van der Waals surface area contributed by atoms with Crippen LogP contribution in [-0.4, -0.2) is 34.2 Å². The Kier molecular flexibility index (Phi) is 5.01. The number of thiazole rings is 1. The molecule has 1 fully saturated rings. The summed E-state index contributed by atoms with van der Waals surface area (Å²) in [7, 11) is 0. The molecule has 3 rings (SSSR count). The number of benzene rings is 1. The van der Waals surface area contributed by atoms with Gasteiger partial charge in [0.25, 0.3) is 0 Å². The molecule has 4 heteroatoms. The van der Waals surface area contributed by atoms with Crippen molar-refractivity contribution >= 4 is 11.3 Å². The molecule has 1 N–H and O–H groups in total. The summed E-state index contributed by atoms with van der Waals surface area (Å²) in [5.41, 5.74) is 2.53. The topological polar surface area (TPSA) is 36.4 Å². The molecule has 1 heterocycles. The summed E-state index contributed by atoms with van der Waals surface area (Å²) >= 11 is 1.76. The van der Waals surface area contributed by atoms with E-state index in [1.807, 2.05) is 0 Å². The van der Waals surface area contributed by atoms with Crippen molar-refractivity contribution in [2.45, 2.75) is 38.3 Å². The van der Waals surface area contributed by atoms with E-state index in [9.17, 15) is 0 Å². The van der Waals surface area contributed by atoms with E-state index in [4.69, 9.17) is 10.1 Å². The second-order valence-corrected chi connectivity index (χ2v) is 6.59. The number of nitrogens with zero attached hydrogens (tertiary/aromatic N) is 2. The van der Waals surface area contributed by atoms with Gasteiger partial charge in [-0.1, -0.05) is 30.3 Å². The maximum atomic E-state index is 9.15. The molecule has 0 bridgehead atoms. The minimum absolute atomic E-state index is 0.238. The lowest BCUT2D eigenvalue weighted by molar-refractivity contribution is 0.182. The number of aromatic nitrogens is 1. The Bertz CT molecular complexity index is 551. The zero-order valence-corrected chi connectivity index (χ0v) is 13.1. The number of aliphatic hydroxyl groups excluding tert-OH is 1. The average Bonchev–Trinajstić information content (AvgIpc) is 3.27. The van der Waals surface area contributed by atoms with E-state index in [-0.39, 0.29) is 6.61 Å². The Hall–Kier alpha value is -1.23. The zero-order valence-electron chi connectivity index (χ0n) is 12.2. The molecule has 0 atom stereocenters. The van der Waals surface area contributed by atoms with Gasteiger partial charge in [-0.15, -0.1) is 11.3 Å². The molecule has 21 heavy (non-hydrogen) atoms. The maximum absolute atomic E-state index is 9.15. The van der Waals surface area contributed by atoms with Crippen LogP contribution in [-0.2, 0) is 19.4 Å². The first-order valence-corrected chi connectivity index (χ1v) is 8.55. The predicted molar refractivity (Wildman–Crippen MR) is 86.5 cm³/mol. The number of aliphatic hydroxyl groups is 1. The molecule has 0 unspecified atom stereocenters. The van der Waals surface area contributed by atoms with Crippen molar-refractivity contribution in [3.63, 3.8) is 0 Å². The molecule has 1 aromatic carbocycles. The lowest BCUT2D eigenvalue weighted by Gasteiger charge is -2.19. The third kappa shape index (κ3) is 4.37. The van der Waals surface area contributed by atoms with E-state index in [0.29, 0.717) is 6.04 Å². The molecule has 0 spiro atoms. The summed E-state index contributed by atoms with van der Waals surface area (Å²) in [5.74, 6) is 0. The van der Waals surface area contributed by atoms with Gasteiger partial charge in [-0.05, 0) is 24.8 Å². The van der Waals surface area contributed by atoms with E-state index >= 15 is 0 Å². The van der Waals surface area contributed by atoms with Crippen molar-refractivity contribution in [2.24, 2.45) is 0 Å². The van der Waals surface area contributed by atoms with Gasteiger partial charge in [0, 0.05) is 30.9 Å². The quantitative estimate of drug-likeness (QED) is 0.814. The molecule has 1 aromatic heterocycles. The van der Waals surface area contributed by atoms with E-state index in [0.717, 1.165) is 31.6 Å². The van der Waals surface area contributed by atoms with E-state index < -0.39 is 0 Å². The lowest BCUT2D eigenvalue weighted by atomic mass is 10.1. The first kappa shape index (κ1) is 14.7. The number of hydrogen-bond donors (Lipinski definition) is 1. The Morgan fingerprint density at radius 2 is 2.00 bits per heavy atom. The van der Waals surface area contributed by atoms with Crippen molar-refractivity contribution in [3.8, 4) is 0 Å². The SMILES string of the molecule is OCCN(Cc1csc(CCc2ccccc2)n1)C1CC1. The minimum Gasteiger partial charge on any atom is -0.395 e. The first-order valence-electron chi connectivity index (χ1n) is 7.67. The van der Waals surface area contributed by atoms with Crippen LogP contribution in [0.2, 0.25) is 0 Å². The van der Waals surface area contributed by atoms with Gasteiger partial charge in [-0.25, -0.2) is 4.98 Å². The minimum atomic E-state index is 0.238. The van der Waals surface area contributed by atoms with Crippen LogP contribution >= 0.6 is 11.3 Å². The summed E-state index contributed by atoms with van der Waals surface area (Å²) < 4.78 is 0. The molecule has 0 radical (unpaired) electrons. The third-order valence-corrected chi connectivity index (χ3v) is 4.84. The summed E-state index contributed by atoms with van der Waals surface area (Å²) in [4.78, 5) is 7.11. The fraction of sp³-hybridized carbons (Fsp3) is 0.471. The average molecular weight is 302 g/mol. The van der Waals surface area contributed by atoms with Crippen molar-refractivity contribution < 1.29 is 5.11 Å². The van der Waals surface area contributed by atoms with Gasteiger partial charge in [-0.2, -0.15) is 0 Å². The second kappa shape index (κ2) is 7.16. The monoisotopic (exact) mass is 302 g/mol. The van der Waals surface area contributed by atoms with E-state index in [2.05, 4.69) is 40.6 Å². The van der Waals surface area contributed by atoms with Crippen LogP contribution in [0.25, 0.3) is 0 Å². The summed E-state index contributed by atoms with van der Waals surface area (Å²) in [6, 6.07) is 11.2. The van der Waals surface area contributed by atoms with Crippen molar-refractivity contribution in [2.75, 3.05) is 13.2 Å². The van der Waals surface area contributed by atoms with E-state index in [1.54, 1.807) is 11.3 Å². The second-order valence-electron chi connectivity index (χ2n) is 5.64. The summed E-state index contributed by atoms with van der Waals surface area (Å²) in [5, 5.41) is 12.5. The summed E-state index contributed by atoms with van der Waals surface area (Å²) in [6.07, 6.45) is 4.60. The molecule has 0 aliphatic heterocycles. The molecule has 1 aliphatic rings. The number of hydrogen-bond acceptors (Lipinski definition) is 4. The Balaban J connectivity index is 1.53. The van der Waals surface area contributed by atoms with Gasteiger partial charge in [0.05, 0.1) is 17.3 Å². The number of aryl methyl sites for hydroxylation is 2. The fourth-order valence-electron chi connectivity index (χ4n) is 2.60. The third-order valence-electron chi connectivity index (χ3n) is 3.89. The fourth-order valence-corrected chi connectivity index (χ4v) is 3.39. The van der Waals surface area contributed by atoms with Crippen molar-refractivity contribution in [3.05, 3.63) is 52.0 Å². The van der Waals surface area contributed by atoms with Crippen LogP contribution in [0, 0.1) is 0 Å². The Morgan fingerprint density at radius 1 is 1.19 bits per heavy atom.